The maximum atomic E-state index is 12.7. The van der Waals surface area contributed by atoms with Crippen LogP contribution in [-0.2, 0) is 0 Å². The van der Waals surface area contributed by atoms with Crippen molar-refractivity contribution in [3.63, 3.8) is 0 Å². The van der Waals surface area contributed by atoms with E-state index >= 15 is 0 Å². The van der Waals surface area contributed by atoms with Crippen LogP contribution in [0.5, 0.6) is 0 Å². The number of benzene rings is 2. The molecule has 1 aliphatic carbocycles. The maximum absolute atomic E-state index is 12.7. The number of fused-ring (bicyclic) bond motifs is 1. The lowest BCUT2D eigenvalue weighted by molar-refractivity contribution is 0.0950. The number of aryl methyl sites for hydroxylation is 1. The standard InChI is InChI=1S/C21H14N4O2/c1-12-18(22-16-10-2-3-11-25(12)16)21(27)24-23-19-14-8-4-6-13-7-5-9-15(17(13)14)20(19)26/h2-11H,1H3,(H,24,27)/b23-19+. The van der Waals surface area contributed by atoms with Crippen molar-refractivity contribution in [3.8, 4) is 0 Å². The molecule has 0 aliphatic heterocycles. The summed E-state index contributed by atoms with van der Waals surface area (Å²) in [7, 11) is 0. The summed E-state index contributed by atoms with van der Waals surface area (Å²) in [6.07, 6.45) is 1.85. The van der Waals surface area contributed by atoms with Crippen LogP contribution in [0.25, 0.3) is 16.4 Å². The molecule has 0 saturated heterocycles. The van der Waals surface area contributed by atoms with Gasteiger partial charge in [0.2, 0.25) is 5.78 Å². The number of aromatic nitrogens is 2. The fourth-order valence-corrected chi connectivity index (χ4v) is 3.58. The monoisotopic (exact) mass is 354 g/mol. The van der Waals surface area contributed by atoms with E-state index in [0.717, 1.165) is 16.3 Å². The Morgan fingerprint density at radius 3 is 2.59 bits per heavy atom. The number of nitrogens with zero attached hydrogens (tertiary/aromatic N) is 3. The van der Waals surface area contributed by atoms with E-state index in [4.69, 9.17) is 0 Å². The van der Waals surface area contributed by atoms with Crippen molar-refractivity contribution >= 4 is 33.8 Å². The largest absolute Gasteiger partial charge is 0.304 e. The molecule has 0 saturated carbocycles. The van der Waals surface area contributed by atoms with E-state index in [9.17, 15) is 9.59 Å². The molecule has 1 amide bonds. The number of nitrogens with one attached hydrogen (secondary N) is 1. The molecule has 2 aromatic heterocycles. The van der Waals surface area contributed by atoms with Gasteiger partial charge in [-0.3, -0.25) is 9.59 Å². The van der Waals surface area contributed by atoms with E-state index in [1.807, 2.05) is 66.1 Å². The Kier molecular flexibility index (Phi) is 3.21. The number of ketones is 1. The topological polar surface area (TPSA) is 75.8 Å². The van der Waals surface area contributed by atoms with Crippen molar-refractivity contribution in [1.29, 1.82) is 0 Å². The molecule has 6 nitrogen and oxygen atoms in total. The van der Waals surface area contributed by atoms with Gasteiger partial charge in [0.15, 0.2) is 5.69 Å². The van der Waals surface area contributed by atoms with Crippen LogP contribution >= 0.6 is 0 Å². The number of carbonyl (C=O) groups excluding carboxylic acids is 2. The average Bonchev–Trinajstić information content (AvgIpc) is 3.17. The van der Waals surface area contributed by atoms with Crippen LogP contribution in [0.4, 0.5) is 0 Å². The second-order valence-electron chi connectivity index (χ2n) is 6.41. The van der Waals surface area contributed by atoms with Crippen LogP contribution in [0.1, 0.15) is 32.1 Å². The fraction of sp³-hybridized carbons (Fsp3) is 0.0476. The Balaban J connectivity index is 1.53. The predicted molar refractivity (Wildman–Crippen MR) is 102 cm³/mol. The summed E-state index contributed by atoms with van der Waals surface area (Å²) in [5.74, 6) is -0.631. The Hall–Kier alpha value is -3.80. The summed E-state index contributed by atoms with van der Waals surface area (Å²) in [5, 5.41) is 6.00. The Labute approximate surface area is 154 Å². The normalized spacial score (nSPS) is 14.4. The molecule has 1 aliphatic rings. The summed E-state index contributed by atoms with van der Waals surface area (Å²) < 4.78 is 1.83. The average molecular weight is 354 g/mol. The number of pyridine rings is 1. The van der Waals surface area contributed by atoms with Gasteiger partial charge < -0.3 is 4.40 Å². The van der Waals surface area contributed by atoms with Gasteiger partial charge >= 0.3 is 0 Å². The zero-order chi connectivity index (χ0) is 18.5. The third kappa shape index (κ3) is 2.20. The molecule has 0 unspecified atom stereocenters. The molecule has 4 aromatic rings. The predicted octanol–water partition coefficient (Wildman–Crippen LogP) is 3.13. The second kappa shape index (κ2) is 5.60. The van der Waals surface area contributed by atoms with Gasteiger partial charge in [0.05, 0.1) is 5.69 Å². The summed E-state index contributed by atoms with van der Waals surface area (Å²) in [6, 6.07) is 16.8. The minimum atomic E-state index is -0.445. The Morgan fingerprint density at radius 1 is 1.04 bits per heavy atom. The highest BCUT2D eigenvalue weighted by atomic mass is 16.2. The van der Waals surface area contributed by atoms with Crippen molar-refractivity contribution in [2.45, 2.75) is 6.92 Å². The molecule has 5 rings (SSSR count). The van der Waals surface area contributed by atoms with E-state index in [2.05, 4.69) is 15.5 Å². The third-order valence-electron chi connectivity index (χ3n) is 4.87. The second-order valence-corrected chi connectivity index (χ2v) is 6.41. The quantitative estimate of drug-likeness (QED) is 0.562. The van der Waals surface area contributed by atoms with Gasteiger partial charge in [0, 0.05) is 22.7 Å². The highest BCUT2D eigenvalue weighted by molar-refractivity contribution is 6.59. The molecule has 0 spiro atoms. The van der Waals surface area contributed by atoms with Gasteiger partial charge in [0.1, 0.15) is 11.4 Å². The smallest absolute Gasteiger partial charge is 0.291 e. The number of hydrogen-bond donors (Lipinski definition) is 1. The first-order valence-electron chi connectivity index (χ1n) is 8.53. The maximum Gasteiger partial charge on any atom is 0.291 e. The molecule has 1 N–H and O–H groups in total. The number of hydrogen-bond acceptors (Lipinski definition) is 4. The lowest BCUT2D eigenvalue weighted by Crippen LogP contribution is -2.23. The van der Waals surface area contributed by atoms with Gasteiger partial charge in [-0.1, -0.05) is 42.5 Å². The Morgan fingerprint density at radius 2 is 1.81 bits per heavy atom. The van der Waals surface area contributed by atoms with Crippen LogP contribution < -0.4 is 5.43 Å². The molecular weight excluding hydrogens is 340 g/mol. The van der Waals surface area contributed by atoms with Crippen molar-refractivity contribution in [2.75, 3.05) is 0 Å². The van der Waals surface area contributed by atoms with E-state index in [-0.39, 0.29) is 17.2 Å². The lowest BCUT2D eigenvalue weighted by Gasteiger charge is -2.01. The van der Waals surface area contributed by atoms with E-state index in [1.165, 1.54) is 0 Å². The van der Waals surface area contributed by atoms with Crippen LogP contribution in [0, 0.1) is 6.92 Å². The van der Waals surface area contributed by atoms with Crippen molar-refractivity contribution < 1.29 is 9.59 Å². The van der Waals surface area contributed by atoms with Gasteiger partial charge in [-0.25, -0.2) is 10.4 Å². The molecule has 2 heterocycles. The number of Topliss-reactive ketones (excluding diaryl/α,β-unsaturated/α-hetero) is 1. The molecule has 6 heteroatoms. The zero-order valence-corrected chi connectivity index (χ0v) is 14.4. The molecule has 0 radical (unpaired) electrons. The van der Waals surface area contributed by atoms with Crippen LogP contribution in [0.2, 0.25) is 0 Å². The SMILES string of the molecule is Cc1c(C(=O)N/N=C2/C(=O)c3cccc4cccc2c34)nc2ccccn12. The summed E-state index contributed by atoms with van der Waals surface area (Å²) in [4.78, 5) is 29.7. The van der Waals surface area contributed by atoms with E-state index in [1.54, 1.807) is 6.07 Å². The third-order valence-corrected chi connectivity index (χ3v) is 4.87. The van der Waals surface area contributed by atoms with Crippen molar-refractivity contribution in [1.82, 2.24) is 14.8 Å². The Bertz CT molecular complexity index is 1300. The van der Waals surface area contributed by atoms with Crippen molar-refractivity contribution in [3.05, 3.63) is 83.3 Å². The first kappa shape index (κ1) is 15.5. The van der Waals surface area contributed by atoms with E-state index < -0.39 is 5.91 Å². The molecule has 0 fully saturated rings. The van der Waals surface area contributed by atoms with Gasteiger partial charge in [-0.15, -0.1) is 0 Å². The molecule has 0 bridgehead atoms. The first-order chi connectivity index (χ1) is 13.1. The summed E-state index contributed by atoms with van der Waals surface area (Å²) >= 11 is 0. The van der Waals surface area contributed by atoms with Crippen molar-refractivity contribution in [2.24, 2.45) is 5.10 Å². The number of rotatable bonds is 2. The summed E-state index contributed by atoms with van der Waals surface area (Å²) in [6.45, 7) is 1.82. The van der Waals surface area contributed by atoms with Gasteiger partial charge in [-0.2, -0.15) is 5.10 Å². The first-order valence-corrected chi connectivity index (χ1v) is 8.53. The number of carbonyl (C=O) groups is 2. The molecular formula is C21H14N4O2. The number of hydrazone groups is 1. The molecule has 130 valence electrons. The van der Waals surface area contributed by atoms with Crippen LogP contribution in [0.15, 0.2) is 65.9 Å². The van der Waals surface area contributed by atoms with Gasteiger partial charge in [0.25, 0.3) is 5.91 Å². The lowest BCUT2D eigenvalue weighted by atomic mass is 10.1. The highest BCUT2D eigenvalue weighted by Crippen LogP contribution is 2.30. The van der Waals surface area contributed by atoms with E-state index in [0.29, 0.717) is 16.9 Å². The minimum Gasteiger partial charge on any atom is -0.304 e. The van der Waals surface area contributed by atoms with Gasteiger partial charge in [-0.05, 0) is 24.4 Å². The van der Waals surface area contributed by atoms with Crippen LogP contribution in [0.3, 0.4) is 0 Å². The van der Waals surface area contributed by atoms with Crippen LogP contribution in [-0.4, -0.2) is 26.8 Å². The highest BCUT2D eigenvalue weighted by Gasteiger charge is 2.29. The zero-order valence-electron chi connectivity index (χ0n) is 14.4. The summed E-state index contributed by atoms with van der Waals surface area (Å²) in [5.41, 5.74) is 5.78. The minimum absolute atomic E-state index is 0.186. The number of imidazole rings is 1. The number of amides is 1. The fourth-order valence-electron chi connectivity index (χ4n) is 3.58. The molecule has 0 atom stereocenters. The molecule has 27 heavy (non-hydrogen) atoms. The molecule has 2 aromatic carbocycles.